The van der Waals surface area contributed by atoms with E-state index in [2.05, 4.69) is 16.0 Å². The van der Waals surface area contributed by atoms with Crippen molar-refractivity contribution in [3.05, 3.63) is 59.1 Å². The van der Waals surface area contributed by atoms with Crippen LogP contribution in [0.25, 0.3) is 0 Å². The van der Waals surface area contributed by atoms with Crippen LogP contribution in [0.5, 0.6) is 5.75 Å². The Morgan fingerprint density at radius 2 is 1.89 bits per heavy atom. The molecule has 2 N–H and O–H groups in total. The Morgan fingerprint density at radius 1 is 1.14 bits per heavy atom. The number of amides is 1. The van der Waals surface area contributed by atoms with Crippen molar-refractivity contribution in [3.8, 4) is 18.1 Å². The zero-order chi connectivity index (χ0) is 20.4. The summed E-state index contributed by atoms with van der Waals surface area (Å²) in [5.74, 6) is 2.86. The number of sulfonamides is 1. The molecule has 0 spiro atoms. The minimum Gasteiger partial charge on any atom is -0.481 e. The molecule has 0 aliphatic carbocycles. The molecule has 0 aliphatic heterocycles. The van der Waals surface area contributed by atoms with Crippen LogP contribution in [-0.4, -0.2) is 34.0 Å². The fourth-order valence-electron chi connectivity index (χ4n) is 2.33. The topological polar surface area (TPSA) is 84.5 Å². The largest absolute Gasteiger partial charge is 0.481 e. The van der Waals surface area contributed by atoms with E-state index in [0.717, 1.165) is 5.56 Å². The molecule has 0 bridgehead atoms. The van der Waals surface area contributed by atoms with Crippen LogP contribution in [-0.2, 0) is 21.2 Å². The molecule has 8 heteroatoms. The van der Waals surface area contributed by atoms with Gasteiger partial charge in [-0.05, 0) is 42.3 Å². The van der Waals surface area contributed by atoms with Crippen LogP contribution in [0.15, 0.2) is 53.4 Å². The maximum atomic E-state index is 12.1. The minimum absolute atomic E-state index is 0.00188. The first-order valence-electron chi connectivity index (χ1n) is 8.58. The monoisotopic (exact) mass is 420 g/mol. The summed E-state index contributed by atoms with van der Waals surface area (Å²) < 4.78 is 32.0. The first-order chi connectivity index (χ1) is 13.4. The molecule has 0 radical (unpaired) electrons. The molecule has 2 rings (SSSR count). The summed E-state index contributed by atoms with van der Waals surface area (Å²) in [6.45, 7) is 0.669. The number of carbonyl (C=O) groups is 1. The summed E-state index contributed by atoms with van der Waals surface area (Å²) in [5, 5.41) is 3.09. The predicted molar refractivity (Wildman–Crippen MR) is 109 cm³/mol. The number of halogens is 1. The molecule has 6 nitrogen and oxygen atoms in total. The van der Waals surface area contributed by atoms with Gasteiger partial charge in [0.1, 0.15) is 12.4 Å². The zero-order valence-electron chi connectivity index (χ0n) is 15.2. The lowest BCUT2D eigenvalue weighted by molar-refractivity contribution is -0.120. The van der Waals surface area contributed by atoms with Gasteiger partial charge in [0.15, 0.2) is 0 Å². The highest BCUT2D eigenvalue weighted by molar-refractivity contribution is 7.89. The second-order valence-electron chi connectivity index (χ2n) is 5.84. The van der Waals surface area contributed by atoms with Crippen molar-refractivity contribution in [2.75, 3.05) is 19.7 Å². The van der Waals surface area contributed by atoms with Gasteiger partial charge in [-0.3, -0.25) is 4.79 Å². The molecule has 2 aromatic rings. The number of ether oxygens (including phenoxy) is 1. The Balaban J connectivity index is 1.69. The van der Waals surface area contributed by atoms with Crippen molar-refractivity contribution < 1.29 is 17.9 Å². The van der Waals surface area contributed by atoms with Gasteiger partial charge in [-0.15, -0.1) is 6.42 Å². The molecular weight excluding hydrogens is 400 g/mol. The maximum Gasteiger partial charge on any atom is 0.240 e. The van der Waals surface area contributed by atoms with Gasteiger partial charge in [-0.2, -0.15) is 0 Å². The standard InChI is InChI=1S/C20H21ClN2O4S/c1-2-14-27-18-8-6-16(7-9-18)10-12-22-20(24)11-13-23-28(25,26)19-5-3-4-17(21)15-19/h1,3-9,15,23H,10-14H2,(H,22,24). The average Bonchev–Trinajstić information content (AvgIpc) is 2.67. The van der Waals surface area contributed by atoms with E-state index in [9.17, 15) is 13.2 Å². The van der Waals surface area contributed by atoms with Gasteiger partial charge in [0, 0.05) is 24.5 Å². The highest BCUT2D eigenvalue weighted by atomic mass is 35.5. The van der Waals surface area contributed by atoms with E-state index in [1.165, 1.54) is 12.1 Å². The predicted octanol–water partition coefficient (Wildman–Crippen LogP) is 2.38. The number of terminal acetylenes is 1. The van der Waals surface area contributed by atoms with Gasteiger partial charge < -0.3 is 10.1 Å². The van der Waals surface area contributed by atoms with Gasteiger partial charge in [0.25, 0.3) is 0 Å². The molecule has 0 aromatic heterocycles. The fourth-order valence-corrected chi connectivity index (χ4v) is 3.66. The highest BCUT2D eigenvalue weighted by Crippen LogP contribution is 2.15. The van der Waals surface area contributed by atoms with Gasteiger partial charge in [0.05, 0.1) is 4.90 Å². The van der Waals surface area contributed by atoms with E-state index in [-0.39, 0.29) is 30.4 Å². The number of benzene rings is 2. The van der Waals surface area contributed by atoms with E-state index in [0.29, 0.717) is 23.7 Å². The summed E-state index contributed by atoms with van der Waals surface area (Å²) in [6, 6.07) is 13.4. The number of rotatable bonds is 10. The molecule has 28 heavy (non-hydrogen) atoms. The molecule has 0 heterocycles. The van der Waals surface area contributed by atoms with Crippen molar-refractivity contribution in [1.29, 1.82) is 0 Å². The maximum absolute atomic E-state index is 12.1. The van der Waals surface area contributed by atoms with Crippen LogP contribution >= 0.6 is 11.6 Å². The van der Waals surface area contributed by atoms with E-state index in [1.807, 2.05) is 24.3 Å². The first-order valence-corrected chi connectivity index (χ1v) is 10.4. The second kappa shape index (κ2) is 10.7. The number of nitrogens with one attached hydrogen (secondary N) is 2. The second-order valence-corrected chi connectivity index (χ2v) is 8.05. The van der Waals surface area contributed by atoms with E-state index in [1.54, 1.807) is 12.1 Å². The Kier molecular flexibility index (Phi) is 8.33. The molecule has 148 valence electrons. The summed E-state index contributed by atoms with van der Waals surface area (Å²) in [5.41, 5.74) is 1.04. The lowest BCUT2D eigenvalue weighted by atomic mass is 10.1. The van der Waals surface area contributed by atoms with Crippen LogP contribution < -0.4 is 14.8 Å². The zero-order valence-corrected chi connectivity index (χ0v) is 16.7. The minimum atomic E-state index is -3.69. The molecule has 0 saturated heterocycles. The van der Waals surface area contributed by atoms with Crippen molar-refractivity contribution in [2.24, 2.45) is 0 Å². The normalized spacial score (nSPS) is 10.9. The van der Waals surface area contributed by atoms with Crippen molar-refractivity contribution in [2.45, 2.75) is 17.7 Å². The quantitative estimate of drug-likeness (QED) is 0.578. The van der Waals surface area contributed by atoms with Crippen molar-refractivity contribution >= 4 is 27.5 Å². The van der Waals surface area contributed by atoms with E-state index >= 15 is 0 Å². The van der Waals surface area contributed by atoms with Crippen LogP contribution in [0.4, 0.5) is 0 Å². The highest BCUT2D eigenvalue weighted by Gasteiger charge is 2.14. The molecule has 0 aliphatic rings. The molecule has 0 fully saturated rings. The molecule has 0 unspecified atom stereocenters. The van der Waals surface area contributed by atoms with Gasteiger partial charge in [-0.25, -0.2) is 13.1 Å². The first kappa shape index (κ1) is 21.8. The molecule has 2 aromatic carbocycles. The SMILES string of the molecule is C#CCOc1ccc(CCNC(=O)CCNS(=O)(=O)c2cccc(Cl)c2)cc1. The Morgan fingerprint density at radius 3 is 2.57 bits per heavy atom. The molecule has 0 saturated carbocycles. The third-order valence-corrected chi connectivity index (χ3v) is 5.43. The lowest BCUT2D eigenvalue weighted by Crippen LogP contribution is -2.31. The van der Waals surface area contributed by atoms with Crippen LogP contribution in [0.1, 0.15) is 12.0 Å². The third-order valence-electron chi connectivity index (χ3n) is 3.73. The smallest absolute Gasteiger partial charge is 0.240 e. The summed E-state index contributed by atoms with van der Waals surface area (Å²) in [7, 11) is -3.69. The molecular formula is C20H21ClN2O4S. The van der Waals surface area contributed by atoms with Crippen molar-refractivity contribution in [3.63, 3.8) is 0 Å². The summed E-state index contributed by atoms with van der Waals surface area (Å²) in [6.07, 6.45) is 5.82. The van der Waals surface area contributed by atoms with E-state index < -0.39 is 10.0 Å². The summed E-state index contributed by atoms with van der Waals surface area (Å²) >= 11 is 5.80. The van der Waals surface area contributed by atoms with Gasteiger partial charge in [0.2, 0.25) is 15.9 Å². The Hall–Kier alpha value is -2.53. The Labute approximate surface area is 170 Å². The average molecular weight is 421 g/mol. The van der Waals surface area contributed by atoms with Crippen LogP contribution in [0, 0.1) is 12.3 Å². The molecule has 0 atom stereocenters. The van der Waals surface area contributed by atoms with Crippen LogP contribution in [0.2, 0.25) is 5.02 Å². The fraction of sp³-hybridized carbons (Fsp3) is 0.250. The van der Waals surface area contributed by atoms with Gasteiger partial charge >= 0.3 is 0 Å². The number of hydrogen-bond donors (Lipinski definition) is 2. The lowest BCUT2D eigenvalue weighted by Gasteiger charge is -2.08. The summed E-state index contributed by atoms with van der Waals surface area (Å²) in [4.78, 5) is 11.9. The third kappa shape index (κ3) is 7.24. The number of hydrogen-bond acceptors (Lipinski definition) is 4. The Bertz CT molecular complexity index is 937. The van der Waals surface area contributed by atoms with Crippen LogP contribution in [0.3, 0.4) is 0 Å². The van der Waals surface area contributed by atoms with Gasteiger partial charge in [-0.1, -0.05) is 35.7 Å². The van der Waals surface area contributed by atoms with Crippen molar-refractivity contribution in [1.82, 2.24) is 10.0 Å². The number of carbonyl (C=O) groups excluding carboxylic acids is 1. The van der Waals surface area contributed by atoms with E-state index in [4.69, 9.17) is 22.8 Å². The molecule has 1 amide bonds.